The van der Waals surface area contributed by atoms with Crippen LogP contribution in [0.25, 0.3) is 0 Å². The first kappa shape index (κ1) is 13.9. The molecule has 0 saturated heterocycles. The molecule has 2 saturated carbocycles. The lowest BCUT2D eigenvalue weighted by atomic mass is 9.86. The minimum atomic E-state index is 0.250. The SMILES string of the molecule is CC(C)C(CCN)NC(=O)CC1CC2CCC1C2. The van der Waals surface area contributed by atoms with Gasteiger partial charge in [-0.25, -0.2) is 0 Å². The van der Waals surface area contributed by atoms with Crippen molar-refractivity contribution >= 4 is 5.91 Å². The molecule has 4 atom stereocenters. The fourth-order valence-corrected chi connectivity index (χ4v) is 3.88. The number of carbonyl (C=O) groups is 1. The highest BCUT2D eigenvalue weighted by Crippen LogP contribution is 2.49. The zero-order chi connectivity index (χ0) is 13.1. The van der Waals surface area contributed by atoms with Crippen LogP contribution in [0, 0.1) is 23.7 Å². The van der Waals surface area contributed by atoms with E-state index in [4.69, 9.17) is 5.73 Å². The highest BCUT2D eigenvalue weighted by molar-refractivity contribution is 5.76. The van der Waals surface area contributed by atoms with Gasteiger partial charge in [0.15, 0.2) is 0 Å². The summed E-state index contributed by atoms with van der Waals surface area (Å²) in [5, 5.41) is 3.18. The molecule has 18 heavy (non-hydrogen) atoms. The second kappa shape index (κ2) is 6.05. The van der Waals surface area contributed by atoms with Crippen LogP contribution in [0.15, 0.2) is 0 Å². The lowest BCUT2D eigenvalue weighted by Gasteiger charge is -2.25. The minimum absolute atomic E-state index is 0.250. The Balaban J connectivity index is 1.77. The molecule has 3 heteroatoms. The van der Waals surface area contributed by atoms with Gasteiger partial charge in [-0.1, -0.05) is 20.3 Å². The van der Waals surface area contributed by atoms with Crippen LogP contribution in [0.5, 0.6) is 0 Å². The van der Waals surface area contributed by atoms with E-state index >= 15 is 0 Å². The predicted octanol–water partition coefficient (Wildman–Crippen LogP) is 2.30. The van der Waals surface area contributed by atoms with Gasteiger partial charge in [-0.2, -0.15) is 0 Å². The second-order valence-electron chi connectivity index (χ2n) is 6.63. The number of fused-ring (bicyclic) bond motifs is 2. The smallest absolute Gasteiger partial charge is 0.220 e. The molecule has 0 heterocycles. The van der Waals surface area contributed by atoms with Crippen molar-refractivity contribution in [2.75, 3.05) is 6.54 Å². The van der Waals surface area contributed by atoms with Crippen LogP contribution in [-0.2, 0) is 4.79 Å². The molecule has 0 aromatic carbocycles. The molecule has 0 aromatic heterocycles. The summed E-state index contributed by atoms with van der Waals surface area (Å²) in [5.74, 6) is 3.15. The molecule has 0 radical (unpaired) electrons. The van der Waals surface area contributed by atoms with Gasteiger partial charge in [0.25, 0.3) is 0 Å². The van der Waals surface area contributed by atoms with Gasteiger partial charge in [0, 0.05) is 12.5 Å². The number of hydrogen-bond donors (Lipinski definition) is 2. The average molecular weight is 252 g/mol. The van der Waals surface area contributed by atoms with Gasteiger partial charge < -0.3 is 11.1 Å². The van der Waals surface area contributed by atoms with E-state index in [1.54, 1.807) is 0 Å². The molecular formula is C15H28N2O. The van der Waals surface area contributed by atoms with Crippen molar-refractivity contribution in [2.24, 2.45) is 29.4 Å². The molecule has 1 amide bonds. The summed E-state index contributed by atoms with van der Waals surface area (Å²) in [7, 11) is 0. The molecule has 2 fully saturated rings. The van der Waals surface area contributed by atoms with Crippen molar-refractivity contribution in [1.29, 1.82) is 0 Å². The molecule has 0 aromatic rings. The standard InChI is InChI=1S/C15H28N2O/c1-10(2)14(5-6-16)17-15(18)9-13-8-11-3-4-12(13)7-11/h10-14H,3-9,16H2,1-2H3,(H,17,18). The Kier molecular flexibility index (Phi) is 4.66. The van der Waals surface area contributed by atoms with Gasteiger partial charge in [0.1, 0.15) is 0 Å². The Morgan fingerprint density at radius 1 is 1.33 bits per heavy atom. The highest BCUT2D eigenvalue weighted by atomic mass is 16.1. The van der Waals surface area contributed by atoms with Crippen molar-refractivity contribution in [3.05, 3.63) is 0 Å². The number of amides is 1. The number of nitrogens with two attached hydrogens (primary N) is 1. The second-order valence-corrected chi connectivity index (χ2v) is 6.63. The Hall–Kier alpha value is -0.570. The van der Waals surface area contributed by atoms with Gasteiger partial charge >= 0.3 is 0 Å². The van der Waals surface area contributed by atoms with Crippen molar-refractivity contribution in [3.63, 3.8) is 0 Å². The van der Waals surface area contributed by atoms with Crippen LogP contribution in [0.4, 0.5) is 0 Å². The molecule has 0 spiro atoms. The Labute approximate surface area is 111 Å². The average Bonchev–Trinajstić information content (AvgIpc) is 2.90. The first-order chi connectivity index (χ1) is 8.60. The van der Waals surface area contributed by atoms with Gasteiger partial charge in [-0.3, -0.25) is 4.79 Å². The van der Waals surface area contributed by atoms with E-state index in [0.29, 0.717) is 18.4 Å². The van der Waals surface area contributed by atoms with Crippen LogP contribution in [-0.4, -0.2) is 18.5 Å². The summed E-state index contributed by atoms with van der Waals surface area (Å²) in [6.07, 6.45) is 7.08. The number of rotatable bonds is 6. The maximum absolute atomic E-state index is 12.1. The molecule has 0 aliphatic heterocycles. The molecule has 4 unspecified atom stereocenters. The number of carbonyl (C=O) groups excluding carboxylic acids is 1. The molecule has 3 nitrogen and oxygen atoms in total. The number of nitrogens with one attached hydrogen (secondary N) is 1. The van der Waals surface area contributed by atoms with Gasteiger partial charge in [0.2, 0.25) is 5.91 Å². The monoisotopic (exact) mass is 252 g/mol. The quantitative estimate of drug-likeness (QED) is 0.762. The summed E-state index contributed by atoms with van der Waals surface area (Å²) in [4.78, 5) is 12.1. The van der Waals surface area contributed by atoms with Gasteiger partial charge in [0.05, 0.1) is 0 Å². The van der Waals surface area contributed by atoms with E-state index < -0.39 is 0 Å². The molecular weight excluding hydrogens is 224 g/mol. The zero-order valence-corrected chi connectivity index (χ0v) is 11.8. The van der Waals surface area contributed by atoms with Crippen LogP contribution in [0.1, 0.15) is 52.4 Å². The fourth-order valence-electron chi connectivity index (χ4n) is 3.88. The van der Waals surface area contributed by atoms with Crippen molar-refractivity contribution in [1.82, 2.24) is 5.32 Å². The van der Waals surface area contributed by atoms with E-state index in [-0.39, 0.29) is 11.9 Å². The first-order valence-corrected chi connectivity index (χ1v) is 7.59. The lowest BCUT2D eigenvalue weighted by molar-refractivity contribution is -0.123. The van der Waals surface area contributed by atoms with Crippen LogP contribution in [0.3, 0.4) is 0 Å². The van der Waals surface area contributed by atoms with Crippen LogP contribution >= 0.6 is 0 Å². The molecule has 2 rings (SSSR count). The van der Waals surface area contributed by atoms with Crippen molar-refractivity contribution in [3.8, 4) is 0 Å². The maximum atomic E-state index is 12.1. The largest absolute Gasteiger partial charge is 0.353 e. The Morgan fingerprint density at radius 3 is 2.61 bits per heavy atom. The molecule has 2 aliphatic rings. The summed E-state index contributed by atoms with van der Waals surface area (Å²) in [5.41, 5.74) is 5.60. The Morgan fingerprint density at radius 2 is 2.11 bits per heavy atom. The van der Waals surface area contributed by atoms with Crippen molar-refractivity contribution < 1.29 is 4.79 Å². The van der Waals surface area contributed by atoms with E-state index in [0.717, 1.165) is 24.7 Å². The molecule has 2 aliphatic carbocycles. The van der Waals surface area contributed by atoms with Crippen LogP contribution in [0.2, 0.25) is 0 Å². The first-order valence-electron chi connectivity index (χ1n) is 7.59. The number of hydrogen-bond acceptors (Lipinski definition) is 2. The normalized spacial score (nSPS) is 31.9. The van der Waals surface area contributed by atoms with Gasteiger partial charge in [-0.05, 0) is 55.9 Å². The Bertz CT molecular complexity index is 284. The zero-order valence-electron chi connectivity index (χ0n) is 11.8. The summed E-state index contributed by atoms with van der Waals surface area (Å²) in [6, 6.07) is 0.251. The highest BCUT2D eigenvalue weighted by Gasteiger charge is 2.40. The van der Waals surface area contributed by atoms with E-state index in [9.17, 15) is 4.79 Å². The molecule has 3 N–H and O–H groups in total. The minimum Gasteiger partial charge on any atom is -0.353 e. The predicted molar refractivity (Wildman–Crippen MR) is 74.0 cm³/mol. The van der Waals surface area contributed by atoms with Crippen molar-refractivity contribution in [2.45, 2.75) is 58.4 Å². The lowest BCUT2D eigenvalue weighted by Crippen LogP contribution is -2.40. The van der Waals surface area contributed by atoms with Gasteiger partial charge in [-0.15, -0.1) is 0 Å². The summed E-state index contributed by atoms with van der Waals surface area (Å²) < 4.78 is 0. The molecule has 104 valence electrons. The van der Waals surface area contributed by atoms with E-state index in [2.05, 4.69) is 19.2 Å². The third-order valence-electron chi connectivity index (χ3n) is 4.96. The topological polar surface area (TPSA) is 55.1 Å². The summed E-state index contributed by atoms with van der Waals surface area (Å²) >= 11 is 0. The molecule has 2 bridgehead atoms. The van der Waals surface area contributed by atoms with Crippen LogP contribution < -0.4 is 11.1 Å². The van der Waals surface area contributed by atoms with E-state index in [1.165, 1.54) is 25.7 Å². The third kappa shape index (κ3) is 3.25. The summed E-state index contributed by atoms with van der Waals surface area (Å²) in [6.45, 7) is 4.95. The maximum Gasteiger partial charge on any atom is 0.220 e. The van der Waals surface area contributed by atoms with E-state index in [1.807, 2.05) is 0 Å². The fraction of sp³-hybridized carbons (Fsp3) is 0.933. The third-order valence-corrected chi connectivity index (χ3v) is 4.96.